The van der Waals surface area contributed by atoms with Crippen LogP contribution in [0.2, 0.25) is 0 Å². The maximum Gasteiger partial charge on any atom is 0.285 e. The number of amides is 2. The highest BCUT2D eigenvalue weighted by Gasteiger charge is 2.33. The number of thiocarbonyl (C=S) groups is 1. The number of alkyl halides is 1. The Balaban J connectivity index is 2.16. The molecule has 1 N–H and O–H groups in total. The first-order chi connectivity index (χ1) is 10.5. The van der Waals surface area contributed by atoms with E-state index in [1.54, 1.807) is 6.08 Å². The third kappa shape index (κ3) is 4.28. The summed E-state index contributed by atoms with van der Waals surface area (Å²) in [5.74, 6) is -0.640. The van der Waals surface area contributed by atoms with Crippen LogP contribution in [0.15, 0.2) is 46.9 Å². The molecule has 22 heavy (non-hydrogen) atoms. The minimum absolute atomic E-state index is 0.107. The van der Waals surface area contributed by atoms with Crippen molar-refractivity contribution in [3.63, 3.8) is 0 Å². The molecule has 7 heteroatoms. The van der Waals surface area contributed by atoms with Crippen LogP contribution in [0.25, 0.3) is 6.08 Å². The summed E-state index contributed by atoms with van der Waals surface area (Å²) in [7, 11) is 0. The van der Waals surface area contributed by atoms with Gasteiger partial charge in [-0.3, -0.25) is 15.0 Å². The maximum absolute atomic E-state index is 12.2. The number of benzene rings is 1. The van der Waals surface area contributed by atoms with E-state index in [4.69, 9.17) is 12.2 Å². The number of nitrogens with zero attached hydrogens (tertiary/aromatic N) is 1. The van der Waals surface area contributed by atoms with Crippen molar-refractivity contribution in [1.29, 1.82) is 0 Å². The van der Waals surface area contributed by atoms with Gasteiger partial charge in [0.1, 0.15) is 0 Å². The number of hydrogen-bond donors (Lipinski definition) is 1. The molecule has 2 amide bonds. The van der Waals surface area contributed by atoms with Crippen LogP contribution in [0.4, 0.5) is 0 Å². The first-order valence-electron chi connectivity index (χ1n) is 6.38. The summed E-state index contributed by atoms with van der Waals surface area (Å²) in [6.07, 6.45) is 3.75. The zero-order valence-corrected chi connectivity index (χ0v) is 14.9. The smallest absolute Gasteiger partial charge is 0.272 e. The Kier molecular flexibility index (Phi) is 5.93. The van der Waals surface area contributed by atoms with Gasteiger partial charge >= 0.3 is 0 Å². The van der Waals surface area contributed by atoms with E-state index in [1.165, 1.54) is 11.8 Å². The Morgan fingerprint density at radius 1 is 1.41 bits per heavy atom. The predicted octanol–water partition coefficient (Wildman–Crippen LogP) is 3.26. The van der Waals surface area contributed by atoms with Crippen molar-refractivity contribution in [3.05, 3.63) is 52.4 Å². The fourth-order valence-electron chi connectivity index (χ4n) is 1.78. The van der Waals surface area contributed by atoms with Crippen LogP contribution in [-0.4, -0.2) is 26.5 Å². The highest BCUT2D eigenvalue weighted by molar-refractivity contribution is 9.09. The molecule has 0 saturated carbocycles. The number of allylic oxidation sites excluding steroid dienone is 2. The van der Waals surface area contributed by atoms with Gasteiger partial charge in [0.25, 0.3) is 5.91 Å². The third-order valence-electron chi connectivity index (χ3n) is 2.70. The number of rotatable bonds is 4. The topological polar surface area (TPSA) is 49.4 Å². The molecule has 1 saturated heterocycles. The summed E-state index contributed by atoms with van der Waals surface area (Å²) >= 11 is 9.32. The number of halogens is 1. The molecule has 1 aromatic carbocycles. The number of carbonyl (C=O) groups is 2. The molecule has 0 spiro atoms. The molecule has 1 aliphatic rings. The van der Waals surface area contributed by atoms with Crippen molar-refractivity contribution in [2.24, 2.45) is 0 Å². The van der Waals surface area contributed by atoms with Crippen LogP contribution in [0.1, 0.15) is 12.5 Å². The van der Waals surface area contributed by atoms with Crippen LogP contribution in [0, 0.1) is 0 Å². The monoisotopic (exact) mass is 396 g/mol. The molecule has 1 aromatic rings. The number of nitrogens with one attached hydrogen (secondary N) is 1. The summed E-state index contributed by atoms with van der Waals surface area (Å²) in [5.41, 5.74) is 4.44. The fourth-order valence-corrected chi connectivity index (χ4v) is 3.13. The SMILES string of the molecule is CC(/C=C1\SC(=S)N(NC(=O)CBr)C1=O)=C\c1ccccc1. The lowest BCUT2D eigenvalue weighted by atomic mass is 10.1. The molecule has 4 nitrogen and oxygen atoms in total. The predicted molar refractivity (Wildman–Crippen MR) is 97.1 cm³/mol. The zero-order valence-electron chi connectivity index (χ0n) is 11.7. The summed E-state index contributed by atoms with van der Waals surface area (Å²) in [6, 6.07) is 9.82. The highest BCUT2D eigenvalue weighted by Crippen LogP contribution is 2.30. The summed E-state index contributed by atoms with van der Waals surface area (Å²) < 4.78 is 0.318. The van der Waals surface area contributed by atoms with Gasteiger partial charge in [-0.2, -0.15) is 5.01 Å². The summed E-state index contributed by atoms with van der Waals surface area (Å²) in [4.78, 5) is 24.1. The number of hydrazine groups is 1. The van der Waals surface area contributed by atoms with Gasteiger partial charge < -0.3 is 0 Å². The Labute approximate surface area is 146 Å². The van der Waals surface area contributed by atoms with E-state index in [0.29, 0.717) is 9.23 Å². The van der Waals surface area contributed by atoms with Crippen molar-refractivity contribution in [3.8, 4) is 0 Å². The van der Waals surface area contributed by atoms with E-state index < -0.39 is 0 Å². The molecule has 0 atom stereocenters. The minimum Gasteiger partial charge on any atom is -0.272 e. The quantitative estimate of drug-likeness (QED) is 0.482. The first kappa shape index (κ1) is 16.9. The van der Waals surface area contributed by atoms with Crippen LogP contribution in [0.3, 0.4) is 0 Å². The molecule has 2 rings (SSSR count). The molecule has 114 valence electrons. The Hall–Kier alpha value is -1.44. The lowest BCUT2D eigenvalue weighted by Crippen LogP contribution is -2.45. The second-order valence-electron chi connectivity index (χ2n) is 4.48. The summed E-state index contributed by atoms with van der Waals surface area (Å²) in [6.45, 7) is 1.91. The zero-order chi connectivity index (χ0) is 16.1. The van der Waals surface area contributed by atoms with Crippen LogP contribution in [-0.2, 0) is 9.59 Å². The Bertz CT molecular complexity index is 671. The van der Waals surface area contributed by atoms with E-state index in [2.05, 4.69) is 21.4 Å². The van der Waals surface area contributed by atoms with E-state index in [9.17, 15) is 9.59 Å². The molecule has 0 bridgehead atoms. The van der Waals surface area contributed by atoms with Gasteiger partial charge in [-0.05, 0) is 36.4 Å². The number of hydrogen-bond acceptors (Lipinski definition) is 4. The van der Waals surface area contributed by atoms with Gasteiger partial charge in [0, 0.05) is 0 Å². The van der Waals surface area contributed by atoms with Gasteiger partial charge in [0.2, 0.25) is 5.91 Å². The lowest BCUT2D eigenvalue weighted by molar-refractivity contribution is -0.131. The van der Waals surface area contributed by atoms with Crippen molar-refractivity contribution in [1.82, 2.24) is 10.4 Å². The minimum atomic E-state index is -0.325. The molecule has 1 heterocycles. The Morgan fingerprint density at radius 2 is 2.09 bits per heavy atom. The van der Waals surface area contributed by atoms with Crippen LogP contribution < -0.4 is 5.43 Å². The molecule has 0 aromatic heterocycles. The largest absolute Gasteiger partial charge is 0.285 e. The molecule has 0 radical (unpaired) electrons. The molecular formula is C15H13BrN2O2S2. The van der Waals surface area contributed by atoms with Crippen LogP contribution >= 0.6 is 39.9 Å². The molecule has 1 aliphatic heterocycles. The van der Waals surface area contributed by atoms with Crippen molar-refractivity contribution >= 4 is 62.1 Å². The standard InChI is InChI=1S/C15H13BrN2O2S2/c1-10(7-11-5-3-2-4-6-11)8-12-14(20)18(15(21)22-12)17-13(19)9-16/h2-8H,9H2,1H3,(H,17,19)/b10-7+,12-8-. The second kappa shape index (κ2) is 7.71. The fraction of sp³-hybridized carbons (Fsp3) is 0.133. The van der Waals surface area contributed by atoms with Crippen molar-refractivity contribution in [2.75, 3.05) is 5.33 Å². The van der Waals surface area contributed by atoms with Gasteiger partial charge in [0.05, 0.1) is 10.2 Å². The van der Waals surface area contributed by atoms with Gasteiger partial charge in [-0.1, -0.05) is 64.1 Å². The van der Waals surface area contributed by atoms with E-state index >= 15 is 0 Å². The van der Waals surface area contributed by atoms with E-state index in [1.807, 2.05) is 43.3 Å². The maximum atomic E-state index is 12.2. The van der Waals surface area contributed by atoms with E-state index in [-0.39, 0.29) is 17.1 Å². The number of thioether (sulfide) groups is 1. The first-order valence-corrected chi connectivity index (χ1v) is 8.72. The van der Waals surface area contributed by atoms with Crippen LogP contribution in [0.5, 0.6) is 0 Å². The molecule has 0 aliphatic carbocycles. The van der Waals surface area contributed by atoms with Gasteiger partial charge in [-0.15, -0.1) is 0 Å². The lowest BCUT2D eigenvalue weighted by Gasteiger charge is -2.14. The molecular weight excluding hydrogens is 384 g/mol. The third-order valence-corrected chi connectivity index (χ3v) is 4.52. The average Bonchev–Trinajstić information content (AvgIpc) is 2.75. The average molecular weight is 397 g/mol. The number of carbonyl (C=O) groups excluding carboxylic acids is 2. The van der Waals surface area contributed by atoms with E-state index in [0.717, 1.165) is 16.1 Å². The van der Waals surface area contributed by atoms with Crippen molar-refractivity contribution < 1.29 is 9.59 Å². The summed E-state index contributed by atoms with van der Waals surface area (Å²) in [5, 5.41) is 1.21. The second-order valence-corrected chi connectivity index (χ2v) is 6.72. The van der Waals surface area contributed by atoms with Gasteiger partial charge in [0.15, 0.2) is 4.32 Å². The normalized spacial score (nSPS) is 17.3. The highest BCUT2D eigenvalue weighted by atomic mass is 79.9. The van der Waals surface area contributed by atoms with Crippen molar-refractivity contribution in [2.45, 2.75) is 6.92 Å². The molecule has 1 fully saturated rings. The molecule has 0 unspecified atom stereocenters. The van der Waals surface area contributed by atoms with Gasteiger partial charge in [-0.25, -0.2) is 0 Å². The Morgan fingerprint density at radius 3 is 2.73 bits per heavy atom.